The highest BCUT2D eigenvalue weighted by molar-refractivity contribution is 5.90. The predicted octanol–water partition coefficient (Wildman–Crippen LogP) is 4.65. The van der Waals surface area contributed by atoms with E-state index in [0.717, 1.165) is 0 Å². The van der Waals surface area contributed by atoms with Gasteiger partial charge in [-0.25, -0.2) is 9.97 Å². The molecule has 3 aromatic carbocycles. The van der Waals surface area contributed by atoms with E-state index in [-0.39, 0.29) is 36.4 Å². The molecule has 0 bridgehead atoms. The van der Waals surface area contributed by atoms with E-state index in [4.69, 9.17) is 0 Å². The lowest BCUT2D eigenvalue weighted by molar-refractivity contribution is -0.402. The number of rotatable bonds is 12. The second-order valence-electron chi connectivity index (χ2n) is 9.35. The lowest BCUT2D eigenvalue weighted by atomic mass is 10.00. The summed E-state index contributed by atoms with van der Waals surface area (Å²) in [4.78, 5) is 102. The Morgan fingerprint density at radius 2 is 0.529 bits per heavy atom. The summed E-state index contributed by atoms with van der Waals surface area (Å²) >= 11 is 0. The third kappa shape index (κ3) is 6.48. The number of hydrogen-bond donors (Lipinski definition) is 0. The average molecular weight is 713 g/mol. The highest BCUT2D eigenvalue weighted by Crippen LogP contribution is 2.47. The zero-order valence-corrected chi connectivity index (χ0v) is 23.8. The van der Waals surface area contributed by atoms with E-state index in [1.807, 2.05) is 0 Å². The Hall–Kier alpha value is -8.66. The summed E-state index contributed by atoms with van der Waals surface area (Å²) in [6.07, 6.45) is 0. The minimum Gasteiger partial charge on any atom is -0.258 e. The van der Waals surface area contributed by atoms with Gasteiger partial charge in [-0.05, 0) is 6.07 Å². The molecule has 258 valence electrons. The molecule has 4 aromatic rings. The van der Waals surface area contributed by atoms with Crippen LogP contribution < -0.4 is 0 Å². The summed E-state index contributed by atoms with van der Waals surface area (Å²) in [5.74, 6) is -1.40. The standard InChI is InChI=1S/C22H7N11O18/c34-25(35)8-1-13(28(40)41)19(14(2-8)29(42)43)11-7-12(20-15(30(44)45)3-9(26(36)37)4-16(20)31(46)47)24-22(23-11)21-17(32(48)49)5-10(27(38)39)6-18(21)33(50)51/h1-7H. The molecule has 0 aliphatic rings. The van der Waals surface area contributed by atoms with Crippen LogP contribution in [0.15, 0.2) is 42.5 Å². The topological polar surface area (TPSA) is 414 Å². The van der Waals surface area contributed by atoms with Gasteiger partial charge < -0.3 is 0 Å². The first-order chi connectivity index (χ1) is 23.7. The number of benzene rings is 3. The Kier molecular flexibility index (Phi) is 8.87. The molecular weight excluding hydrogens is 706 g/mol. The summed E-state index contributed by atoms with van der Waals surface area (Å²) in [5, 5.41) is 107. The zero-order valence-electron chi connectivity index (χ0n) is 23.8. The van der Waals surface area contributed by atoms with Crippen LogP contribution in [0.2, 0.25) is 0 Å². The summed E-state index contributed by atoms with van der Waals surface area (Å²) in [6, 6.07) is 1.37. The second-order valence-corrected chi connectivity index (χ2v) is 9.35. The predicted molar refractivity (Wildman–Crippen MR) is 158 cm³/mol. The molecule has 0 saturated carbocycles. The summed E-state index contributed by atoms with van der Waals surface area (Å²) in [5.41, 5.74) is -19.2. The van der Waals surface area contributed by atoms with E-state index in [0.29, 0.717) is 6.07 Å². The molecule has 0 fully saturated rings. The molecule has 0 saturated heterocycles. The third-order valence-electron chi connectivity index (χ3n) is 6.52. The van der Waals surface area contributed by atoms with Crippen molar-refractivity contribution in [3.05, 3.63) is 133 Å². The van der Waals surface area contributed by atoms with E-state index in [1.165, 1.54) is 0 Å². The molecule has 29 heteroatoms. The molecule has 29 nitrogen and oxygen atoms in total. The molecule has 1 aromatic heterocycles. The van der Waals surface area contributed by atoms with E-state index >= 15 is 0 Å². The van der Waals surface area contributed by atoms with Gasteiger partial charge in [-0.15, -0.1) is 0 Å². The monoisotopic (exact) mass is 713 g/mol. The normalized spacial score (nSPS) is 10.6. The second kappa shape index (κ2) is 12.9. The Morgan fingerprint density at radius 1 is 0.314 bits per heavy atom. The highest BCUT2D eigenvalue weighted by Gasteiger charge is 2.39. The van der Waals surface area contributed by atoms with Crippen molar-refractivity contribution < 1.29 is 44.3 Å². The van der Waals surface area contributed by atoms with Gasteiger partial charge in [-0.2, -0.15) is 0 Å². The van der Waals surface area contributed by atoms with E-state index in [2.05, 4.69) is 9.97 Å². The Labute approximate surface area is 273 Å². The smallest absolute Gasteiger partial charge is 0.258 e. The van der Waals surface area contributed by atoms with Crippen LogP contribution in [0.5, 0.6) is 0 Å². The van der Waals surface area contributed by atoms with Crippen molar-refractivity contribution in [2.24, 2.45) is 0 Å². The number of non-ortho nitro benzene ring substituents is 3. The quantitative estimate of drug-likeness (QED) is 0.142. The van der Waals surface area contributed by atoms with Gasteiger partial charge in [-0.1, -0.05) is 0 Å². The fraction of sp³-hybridized carbons (Fsp3) is 0. The fourth-order valence-corrected chi connectivity index (χ4v) is 4.54. The molecule has 0 unspecified atom stereocenters. The molecule has 1 heterocycles. The van der Waals surface area contributed by atoms with Crippen LogP contribution in [-0.4, -0.2) is 54.3 Å². The van der Waals surface area contributed by atoms with Crippen molar-refractivity contribution >= 4 is 51.2 Å². The number of nitro benzene ring substituents is 9. The van der Waals surface area contributed by atoms with Crippen LogP contribution in [-0.2, 0) is 0 Å². The highest BCUT2D eigenvalue weighted by atomic mass is 16.7. The van der Waals surface area contributed by atoms with Crippen molar-refractivity contribution in [3.63, 3.8) is 0 Å². The van der Waals surface area contributed by atoms with Gasteiger partial charge in [0.2, 0.25) is 0 Å². The summed E-state index contributed by atoms with van der Waals surface area (Å²) in [6.45, 7) is 0. The molecule has 4 rings (SSSR count). The fourth-order valence-electron chi connectivity index (χ4n) is 4.54. The maximum atomic E-state index is 12.1. The first kappa shape index (κ1) is 35.2. The van der Waals surface area contributed by atoms with E-state index in [1.54, 1.807) is 0 Å². The zero-order chi connectivity index (χ0) is 38.2. The first-order valence-electron chi connectivity index (χ1n) is 12.5. The molecule has 0 atom stereocenters. The van der Waals surface area contributed by atoms with Crippen LogP contribution in [0.3, 0.4) is 0 Å². The summed E-state index contributed by atoms with van der Waals surface area (Å²) in [7, 11) is 0. The lowest BCUT2D eigenvalue weighted by Crippen LogP contribution is -2.07. The molecule has 0 N–H and O–H groups in total. The molecule has 0 aliphatic heterocycles. The van der Waals surface area contributed by atoms with Gasteiger partial charge in [-0.3, -0.25) is 91.0 Å². The molecule has 0 amide bonds. The average Bonchev–Trinajstić information content (AvgIpc) is 3.05. The molecule has 0 spiro atoms. The van der Waals surface area contributed by atoms with Crippen molar-refractivity contribution in [2.75, 3.05) is 0 Å². The largest absolute Gasteiger partial charge is 0.294 e. The Bertz CT molecular complexity index is 1970. The Morgan fingerprint density at radius 3 is 0.725 bits per heavy atom. The van der Waals surface area contributed by atoms with E-state index < -0.39 is 129 Å². The molecule has 51 heavy (non-hydrogen) atoms. The van der Waals surface area contributed by atoms with Crippen molar-refractivity contribution in [2.45, 2.75) is 0 Å². The maximum absolute atomic E-state index is 12.1. The van der Waals surface area contributed by atoms with Gasteiger partial charge in [0.05, 0.1) is 92.1 Å². The van der Waals surface area contributed by atoms with Crippen LogP contribution in [0.1, 0.15) is 0 Å². The van der Waals surface area contributed by atoms with Gasteiger partial charge in [0.25, 0.3) is 51.2 Å². The first-order valence-corrected chi connectivity index (χ1v) is 12.5. The minimum absolute atomic E-state index is 0.158. The minimum atomic E-state index is -1.53. The van der Waals surface area contributed by atoms with Gasteiger partial charge in [0.1, 0.15) is 0 Å². The van der Waals surface area contributed by atoms with E-state index in [9.17, 15) is 91.0 Å². The number of aromatic nitrogens is 2. The molecule has 0 aliphatic carbocycles. The maximum Gasteiger partial charge on any atom is 0.294 e. The number of nitro groups is 9. The van der Waals surface area contributed by atoms with Crippen LogP contribution >= 0.6 is 0 Å². The lowest BCUT2D eigenvalue weighted by Gasteiger charge is -2.11. The van der Waals surface area contributed by atoms with Crippen LogP contribution in [0.25, 0.3) is 33.9 Å². The van der Waals surface area contributed by atoms with Crippen molar-refractivity contribution in [3.8, 4) is 33.9 Å². The third-order valence-corrected chi connectivity index (χ3v) is 6.52. The van der Waals surface area contributed by atoms with Gasteiger partial charge in [0.15, 0.2) is 22.5 Å². The van der Waals surface area contributed by atoms with Crippen molar-refractivity contribution in [1.82, 2.24) is 9.97 Å². The van der Waals surface area contributed by atoms with Crippen molar-refractivity contribution in [1.29, 1.82) is 0 Å². The van der Waals surface area contributed by atoms with Crippen LogP contribution in [0.4, 0.5) is 51.2 Å². The number of hydrogen-bond acceptors (Lipinski definition) is 20. The molecule has 0 radical (unpaired) electrons. The molecular formula is C22H7N11O18. The van der Waals surface area contributed by atoms with Gasteiger partial charge >= 0.3 is 0 Å². The number of nitrogens with zero attached hydrogens (tertiary/aromatic N) is 11. The summed E-state index contributed by atoms with van der Waals surface area (Å²) < 4.78 is 0. The van der Waals surface area contributed by atoms with Gasteiger partial charge in [0, 0.05) is 0 Å². The SMILES string of the molecule is O=[N+]([O-])c1cc([N+](=O)[O-])c(-c2cc(-c3c([N+](=O)[O-])cc([N+](=O)[O-])cc3[N+](=O)[O-])nc(-c3c([N+](=O)[O-])cc([N+](=O)[O-])cc3[N+](=O)[O-])n2)c([N+](=O)[O-])c1. The Balaban J connectivity index is 2.38. The van der Waals surface area contributed by atoms with Crippen LogP contribution in [0, 0.1) is 91.0 Å².